The van der Waals surface area contributed by atoms with E-state index in [4.69, 9.17) is 4.74 Å². The summed E-state index contributed by atoms with van der Waals surface area (Å²) in [6, 6.07) is 7.04. The first kappa shape index (κ1) is 13.4. The van der Waals surface area contributed by atoms with Crippen LogP contribution in [0, 0.1) is 0 Å². The molecular formula is C16H25NO. The number of hydrogen-bond donors (Lipinski definition) is 0. The Bertz CT molecular complexity index is 383. The lowest BCUT2D eigenvalue weighted by molar-refractivity contribution is 0.194. The summed E-state index contributed by atoms with van der Waals surface area (Å²) >= 11 is 0. The van der Waals surface area contributed by atoms with E-state index in [-0.39, 0.29) is 0 Å². The molecule has 0 saturated carbocycles. The number of fused-ring (bicyclic) bond motifs is 1. The van der Waals surface area contributed by atoms with Gasteiger partial charge in [0.25, 0.3) is 0 Å². The summed E-state index contributed by atoms with van der Waals surface area (Å²) in [6.45, 7) is 6.91. The summed E-state index contributed by atoms with van der Waals surface area (Å²) in [7, 11) is 1.79. The number of benzene rings is 1. The van der Waals surface area contributed by atoms with Crippen molar-refractivity contribution in [1.29, 1.82) is 0 Å². The van der Waals surface area contributed by atoms with Crippen LogP contribution in [0.5, 0.6) is 5.75 Å². The van der Waals surface area contributed by atoms with Crippen LogP contribution in [-0.2, 0) is 6.42 Å². The topological polar surface area (TPSA) is 12.5 Å². The predicted octanol–water partition coefficient (Wildman–Crippen LogP) is 3.80. The zero-order valence-electron chi connectivity index (χ0n) is 11.9. The second kappa shape index (κ2) is 6.24. The Morgan fingerprint density at radius 3 is 2.56 bits per heavy atom. The number of aryl methyl sites for hydroxylation is 1. The van der Waals surface area contributed by atoms with Crippen LogP contribution < -0.4 is 4.74 Å². The van der Waals surface area contributed by atoms with E-state index in [1.54, 1.807) is 7.11 Å². The van der Waals surface area contributed by atoms with Gasteiger partial charge in [-0.3, -0.25) is 4.90 Å². The largest absolute Gasteiger partial charge is 0.496 e. The minimum Gasteiger partial charge on any atom is -0.496 e. The molecule has 1 aliphatic carbocycles. The first-order valence-electron chi connectivity index (χ1n) is 7.21. The average molecular weight is 247 g/mol. The molecule has 2 rings (SSSR count). The van der Waals surface area contributed by atoms with Crippen molar-refractivity contribution < 1.29 is 4.74 Å². The highest BCUT2D eigenvalue weighted by molar-refractivity contribution is 5.45. The van der Waals surface area contributed by atoms with Gasteiger partial charge < -0.3 is 4.74 Å². The Hall–Kier alpha value is -1.02. The Labute approximate surface area is 111 Å². The standard InChI is InChI=1S/C16H25NO/c1-4-11-17(12-5-2)14-10-9-13-7-6-8-15(18-3)16(13)14/h6-8,14H,4-5,9-12H2,1-3H3/t14-/m0/s1. The number of hydrogen-bond acceptors (Lipinski definition) is 2. The fourth-order valence-electron chi connectivity index (χ4n) is 3.16. The van der Waals surface area contributed by atoms with E-state index in [1.165, 1.54) is 49.9 Å². The van der Waals surface area contributed by atoms with Crippen molar-refractivity contribution in [2.75, 3.05) is 20.2 Å². The van der Waals surface area contributed by atoms with Gasteiger partial charge in [-0.1, -0.05) is 26.0 Å². The van der Waals surface area contributed by atoms with Gasteiger partial charge in [0, 0.05) is 11.6 Å². The molecule has 0 aliphatic heterocycles. The zero-order valence-corrected chi connectivity index (χ0v) is 11.9. The molecule has 1 aromatic rings. The van der Waals surface area contributed by atoms with Crippen molar-refractivity contribution in [3.63, 3.8) is 0 Å². The van der Waals surface area contributed by atoms with Gasteiger partial charge in [-0.2, -0.15) is 0 Å². The normalized spacial score (nSPS) is 18.1. The van der Waals surface area contributed by atoms with Crippen molar-refractivity contribution in [1.82, 2.24) is 4.90 Å². The van der Waals surface area contributed by atoms with Crippen molar-refractivity contribution in [2.45, 2.75) is 45.6 Å². The van der Waals surface area contributed by atoms with Crippen LogP contribution in [-0.4, -0.2) is 25.1 Å². The Balaban J connectivity index is 2.28. The van der Waals surface area contributed by atoms with E-state index < -0.39 is 0 Å². The molecule has 0 aromatic heterocycles. The van der Waals surface area contributed by atoms with Crippen LogP contribution >= 0.6 is 0 Å². The van der Waals surface area contributed by atoms with Crippen LogP contribution in [0.4, 0.5) is 0 Å². The molecule has 1 aromatic carbocycles. The first-order chi connectivity index (χ1) is 8.81. The van der Waals surface area contributed by atoms with Gasteiger partial charge in [0.1, 0.15) is 5.75 Å². The molecule has 100 valence electrons. The van der Waals surface area contributed by atoms with Crippen LogP contribution in [0.3, 0.4) is 0 Å². The highest BCUT2D eigenvalue weighted by Crippen LogP contribution is 2.41. The fraction of sp³-hybridized carbons (Fsp3) is 0.625. The van der Waals surface area contributed by atoms with Gasteiger partial charge in [-0.25, -0.2) is 0 Å². The fourth-order valence-corrected chi connectivity index (χ4v) is 3.16. The molecule has 0 spiro atoms. The molecule has 0 saturated heterocycles. The molecule has 0 unspecified atom stereocenters. The number of methoxy groups -OCH3 is 1. The van der Waals surface area contributed by atoms with Crippen molar-refractivity contribution in [3.8, 4) is 5.75 Å². The summed E-state index contributed by atoms with van der Waals surface area (Å²) in [5.74, 6) is 1.08. The lowest BCUT2D eigenvalue weighted by atomic mass is 10.0. The first-order valence-corrected chi connectivity index (χ1v) is 7.21. The molecular weight excluding hydrogens is 222 g/mol. The predicted molar refractivity (Wildman–Crippen MR) is 76.2 cm³/mol. The smallest absolute Gasteiger partial charge is 0.123 e. The molecule has 18 heavy (non-hydrogen) atoms. The number of nitrogens with zero attached hydrogens (tertiary/aromatic N) is 1. The van der Waals surface area contributed by atoms with E-state index in [0.29, 0.717) is 6.04 Å². The minimum atomic E-state index is 0.566. The molecule has 0 amide bonds. The van der Waals surface area contributed by atoms with Crippen LogP contribution in [0.1, 0.15) is 50.3 Å². The molecule has 0 fully saturated rings. The second-order valence-corrected chi connectivity index (χ2v) is 5.12. The SMILES string of the molecule is CCCN(CCC)[C@H]1CCc2cccc(OC)c21. The van der Waals surface area contributed by atoms with Gasteiger partial charge in [0.05, 0.1) is 7.11 Å². The Kier molecular flexibility index (Phi) is 4.65. The van der Waals surface area contributed by atoms with E-state index >= 15 is 0 Å². The molecule has 0 N–H and O–H groups in total. The van der Waals surface area contributed by atoms with Crippen molar-refractivity contribution in [2.24, 2.45) is 0 Å². The quantitative estimate of drug-likeness (QED) is 0.758. The van der Waals surface area contributed by atoms with Gasteiger partial charge >= 0.3 is 0 Å². The van der Waals surface area contributed by atoms with Crippen LogP contribution in [0.15, 0.2) is 18.2 Å². The minimum absolute atomic E-state index is 0.566. The monoisotopic (exact) mass is 247 g/mol. The maximum absolute atomic E-state index is 5.57. The zero-order chi connectivity index (χ0) is 13.0. The average Bonchev–Trinajstić information content (AvgIpc) is 2.82. The maximum atomic E-state index is 5.57. The van der Waals surface area contributed by atoms with Gasteiger partial charge in [-0.15, -0.1) is 0 Å². The summed E-state index contributed by atoms with van der Waals surface area (Å²) < 4.78 is 5.57. The lowest BCUT2D eigenvalue weighted by Crippen LogP contribution is -2.29. The molecule has 1 aliphatic rings. The highest BCUT2D eigenvalue weighted by atomic mass is 16.5. The van der Waals surface area contributed by atoms with Gasteiger partial charge in [0.15, 0.2) is 0 Å². The Morgan fingerprint density at radius 1 is 1.22 bits per heavy atom. The highest BCUT2D eigenvalue weighted by Gasteiger charge is 2.29. The summed E-state index contributed by atoms with van der Waals surface area (Å²) in [4.78, 5) is 2.63. The summed E-state index contributed by atoms with van der Waals surface area (Å²) in [5, 5.41) is 0. The molecule has 0 bridgehead atoms. The third-order valence-corrected chi connectivity index (χ3v) is 3.86. The van der Waals surface area contributed by atoms with Crippen molar-refractivity contribution >= 4 is 0 Å². The van der Waals surface area contributed by atoms with Gasteiger partial charge in [0.2, 0.25) is 0 Å². The lowest BCUT2D eigenvalue weighted by Gasteiger charge is -2.29. The summed E-state index contributed by atoms with van der Waals surface area (Å²) in [6.07, 6.45) is 4.89. The van der Waals surface area contributed by atoms with Crippen LogP contribution in [0.25, 0.3) is 0 Å². The third kappa shape index (κ3) is 2.54. The van der Waals surface area contributed by atoms with E-state index in [0.717, 1.165) is 5.75 Å². The van der Waals surface area contributed by atoms with E-state index in [1.807, 2.05) is 0 Å². The van der Waals surface area contributed by atoms with E-state index in [2.05, 4.69) is 36.9 Å². The second-order valence-electron chi connectivity index (χ2n) is 5.12. The third-order valence-electron chi connectivity index (χ3n) is 3.86. The molecule has 2 heteroatoms. The van der Waals surface area contributed by atoms with Crippen LogP contribution in [0.2, 0.25) is 0 Å². The molecule has 0 heterocycles. The maximum Gasteiger partial charge on any atom is 0.123 e. The molecule has 2 nitrogen and oxygen atoms in total. The number of ether oxygens (including phenoxy) is 1. The Morgan fingerprint density at radius 2 is 1.94 bits per heavy atom. The molecule has 1 atom stereocenters. The molecule has 0 radical (unpaired) electrons. The van der Waals surface area contributed by atoms with Crippen molar-refractivity contribution in [3.05, 3.63) is 29.3 Å². The van der Waals surface area contributed by atoms with E-state index in [9.17, 15) is 0 Å². The summed E-state index contributed by atoms with van der Waals surface area (Å²) in [5.41, 5.74) is 2.93. The van der Waals surface area contributed by atoms with Gasteiger partial charge in [-0.05, 0) is 50.4 Å². The number of rotatable bonds is 6.